The SMILES string of the molecule is Cc1cc(-c2cc(F)c(F)c(F)c2)cc(C(=O)Nc2nc(C)cs2)n1. The van der Waals surface area contributed by atoms with Crippen molar-refractivity contribution >= 4 is 22.4 Å². The van der Waals surface area contributed by atoms with Gasteiger partial charge >= 0.3 is 0 Å². The Hall–Kier alpha value is -2.74. The van der Waals surface area contributed by atoms with Gasteiger partial charge in [-0.1, -0.05) is 0 Å². The standard InChI is InChI=1S/C17H12F3N3OS/c1-8-3-10(11-4-12(18)15(20)13(19)5-11)6-14(21-8)16(24)23-17-22-9(2)7-25-17/h3-7H,1-2H3,(H,22,23,24). The van der Waals surface area contributed by atoms with Crippen LogP contribution >= 0.6 is 11.3 Å². The fourth-order valence-electron chi connectivity index (χ4n) is 2.25. The summed E-state index contributed by atoms with van der Waals surface area (Å²) in [6, 6.07) is 4.68. The molecule has 0 saturated carbocycles. The molecule has 0 atom stereocenters. The second kappa shape index (κ2) is 6.64. The van der Waals surface area contributed by atoms with E-state index < -0.39 is 23.4 Å². The van der Waals surface area contributed by atoms with Gasteiger partial charge in [-0.25, -0.2) is 23.1 Å². The molecule has 0 fully saturated rings. The van der Waals surface area contributed by atoms with E-state index in [9.17, 15) is 18.0 Å². The summed E-state index contributed by atoms with van der Waals surface area (Å²) in [6.45, 7) is 3.44. The summed E-state index contributed by atoms with van der Waals surface area (Å²) in [4.78, 5) is 20.6. The molecular weight excluding hydrogens is 351 g/mol. The van der Waals surface area contributed by atoms with Gasteiger partial charge in [-0.2, -0.15) is 0 Å². The minimum Gasteiger partial charge on any atom is -0.296 e. The van der Waals surface area contributed by atoms with Crippen molar-refractivity contribution in [3.05, 3.63) is 64.2 Å². The molecule has 3 rings (SSSR count). The molecule has 1 amide bonds. The van der Waals surface area contributed by atoms with Gasteiger partial charge in [0.05, 0.1) is 5.69 Å². The monoisotopic (exact) mass is 363 g/mol. The van der Waals surface area contributed by atoms with E-state index in [0.29, 0.717) is 16.4 Å². The summed E-state index contributed by atoms with van der Waals surface area (Å²) in [5, 5.41) is 4.82. The Morgan fingerprint density at radius 2 is 1.60 bits per heavy atom. The summed E-state index contributed by atoms with van der Waals surface area (Å²) in [5.74, 6) is -4.63. The molecule has 0 saturated heterocycles. The fourth-order valence-corrected chi connectivity index (χ4v) is 2.93. The number of nitrogens with zero attached hydrogens (tertiary/aromatic N) is 2. The number of thiazole rings is 1. The number of hydrogen-bond donors (Lipinski definition) is 1. The van der Waals surface area contributed by atoms with Crippen LogP contribution in [0, 0.1) is 31.3 Å². The Balaban J connectivity index is 1.96. The molecule has 2 heterocycles. The molecule has 0 aliphatic heterocycles. The lowest BCUT2D eigenvalue weighted by Gasteiger charge is -2.08. The van der Waals surface area contributed by atoms with Gasteiger partial charge in [0, 0.05) is 11.1 Å². The molecule has 128 valence electrons. The molecule has 4 nitrogen and oxygen atoms in total. The Labute approximate surface area is 145 Å². The van der Waals surface area contributed by atoms with Crippen LogP contribution in [0.3, 0.4) is 0 Å². The molecule has 1 N–H and O–H groups in total. The van der Waals surface area contributed by atoms with Crippen LogP contribution in [-0.2, 0) is 0 Å². The van der Waals surface area contributed by atoms with Crippen molar-refractivity contribution in [2.24, 2.45) is 0 Å². The number of benzene rings is 1. The topological polar surface area (TPSA) is 54.9 Å². The summed E-state index contributed by atoms with van der Waals surface area (Å²) >= 11 is 1.27. The fraction of sp³-hybridized carbons (Fsp3) is 0.118. The summed E-state index contributed by atoms with van der Waals surface area (Å²) < 4.78 is 40.0. The number of carbonyl (C=O) groups is 1. The molecule has 3 aromatic rings. The molecule has 0 unspecified atom stereocenters. The number of aromatic nitrogens is 2. The van der Waals surface area contributed by atoms with Crippen LogP contribution in [0.5, 0.6) is 0 Å². The van der Waals surface area contributed by atoms with Crippen molar-refractivity contribution in [2.75, 3.05) is 5.32 Å². The Morgan fingerprint density at radius 1 is 0.960 bits per heavy atom. The first kappa shape index (κ1) is 17.1. The van der Waals surface area contributed by atoms with E-state index in [4.69, 9.17) is 0 Å². The van der Waals surface area contributed by atoms with E-state index in [1.54, 1.807) is 25.3 Å². The van der Waals surface area contributed by atoms with Crippen molar-refractivity contribution in [3.8, 4) is 11.1 Å². The normalized spacial score (nSPS) is 10.8. The smallest absolute Gasteiger partial charge is 0.276 e. The highest BCUT2D eigenvalue weighted by molar-refractivity contribution is 7.13. The third-order valence-corrected chi connectivity index (χ3v) is 4.22. The lowest BCUT2D eigenvalue weighted by molar-refractivity contribution is 0.102. The quantitative estimate of drug-likeness (QED) is 0.698. The van der Waals surface area contributed by atoms with E-state index in [2.05, 4.69) is 15.3 Å². The van der Waals surface area contributed by atoms with E-state index in [-0.39, 0.29) is 11.3 Å². The number of carbonyl (C=O) groups excluding carboxylic acids is 1. The summed E-state index contributed by atoms with van der Waals surface area (Å²) in [6.07, 6.45) is 0. The predicted octanol–water partition coefficient (Wildman–Crippen LogP) is 4.49. The third kappa shape index (κ3) is 3.69. The number of amides is 1. The Bertz CT molecular complexity index is 949. The van der Waals surface area contributed by atoms with Crippen LogP contribution in [0.25, 0.3) is 11.1 Å². The van der Waals surface area contributed by atoms with Crippen LogP contribution in [0.2, 0.25) is 0 Å². The van der Waals surface area contributed by atoms with Crippen molar-refractivity contribution in [3.63, 3.8) is 0 Å². The molecule has 0 bridgehead atoms. The molecular formula is C17H12F3N3OS. The zero-order valence-corrected chi connectivity index (χ0v) is 14.0. The first-order valence-corrected chi connectivity index (χ1v) is 8.08. The van der Waals surface area contributed by atoms with Crippen molar-refractivity contribution in [1.82, 2.24) is 9.97 Å². The van der Waals surface area contributed by atoms with Gasteiger partial charge in [-0.3, -0.25) is 10.1 Å². The van der Waals surface area contributed by atoms with Gasteiger partial charge in [0.2, 0.25) is 0 Å². The first-order chi connectivity index (χ1) is 11.8. The number of pyridine rings is 1. The second-order valence-electron chi connectivity index (χ2n) is 5.38. The lowest BCUT2D eigenvalue weighted by atomic mass is 10.0. The number of halogens is 3. The zero-order chi connectivity index (χ0) is 18.1. The molecule has 25 heavy (non-hydrogen) atoms. The minimum atomic E-state index is -1.54. The Kier molecular flexibility index (Phi) is 4.54. The number of anilines is 1. The maximum atomic E-state index is 13.5. The van der Waals surface area contributed by atoms with Crippen molar-refractivity contribution < 1.29 is 18.0 Å². The minimum absolute atomic E-state index is 0.0630. The maximum Gasteiger partial charge on any atom is 0.276 e. The van der Waals surface area contributed by atoms with Gasteiger partial charge in [0.15, 0.2) is 22.6 Å². The van der Waals surface area contributed by atoms with Crippen LogP contribution in [0.1, 0.15) is 21.9 Å². The highest BCUT2D eigenvalue weighted by atomic mass is 32.1. The van der Waals surface area contributed by atoms with Crippen molar-refractivity contribution in [2.45, 2.75) is 13.8 Å². The molecule has 1 aromatic carbocycles. The average Bonchev–Trinajstić information content (AvgIpc) is 2.96. The van der Waals surface area contributed by atoms with Gasteiger partial charge in [0.1, 0.15) is 5.69 Å². The largest absolute Gasteiger partial charge is 0.296 e. The molecule has 2 aromatic heterocycles. The van der Waals surface area contributed by atoms with Gasteiger partial charge in [-0.05, 0) is 49.2 Å². The van der Waals surface area contributed by atoms with E-state index in [1.807, 2.05) is 0 Å². The van der Waals surface area contributed by atoms with Gasteiger partial charge in [-0.15, -0.1) is 11.3 Å². The van der Waals surface area contributed by atoms with Crippen LogP contribution in [-0.4, -0.2) is 15.9 Å². The second-order valence-corrected chi connectivity index (χ2v) is 6.24. The Morgan fingerprint density at radius 3 is 2.20 bits per heavy atom. The third-order valence-electron chi connectivity index (χ3n) is 3.34. The lowest BCUT2D eigenvalue weighted by Crippen LogP contribution is -2.14. The highest BCUT2D eigenvalue weighted by Gasteiger charge is 2.15. The number of hydrogen-bond acceptors (Lipinski definition) is 4. The maximum absolute atomic E-state index is 13.5. The zero-order valence-electron chi connectivity index (χ0n) is 13.2. The molecule has 0 radical (unpaired) electrons. The number of aryl methyl sites for hydroxylation is 2. The van der Waals surface area contributed by atoms with Crippen LogP contribution < -0.4 is 5.32 Å². The molecule has 8 heteroatoms. The van der Waals surface area contributed by atoms with E-state index in [0.717, 1.165) is 17.8 Å². The first-order valence-electron chi connectivity index (χ1n) is 7.20. The highest BCUT2D eigenvalue weighted by Crippen LogP contribution is 2.25. The van der Waals surface area contributed by atoms with Gasteiger partial charge < -0.3 is 0 Å². The molecule has 0 spiro atoms. The number of nitrogens with one attached hydrogen (secondary N) is 1. The average molecular weight is 363 g/mol. The van der Waals surface area contributed by atoms with Crippen molar-refractivity contribution in [1.29, 1.82) is 0 Å². The van der Waals surface area contributed by atoms with E-state index >= 15 is 0 Å². The summed E-state index contributed by atoms with van der Waals surface area (Å²) in [7, 11) is 0. The molecule has 0 aliphatic carbocycles. The number of rotatable bonds is 3. The van der Waals surface area contributed by atoms with Crippen LogP contribution in [0.4, 0.5) is 18.3 Å². The van der Waals surface area contributed by atoms with Crippen LogP contribution in [0.15, 0.2) is 29.6 Å². The summed E-state index contributed by atoms with van der Waals surface area (Å²) in [5.41, 5.74) is 1.78. The van der Waals surface area contributed by atoms with Gasteiger partial charge in [0.25, 0.3) is 5.91 Å². The predicted molar refractivity (Wildman–Crippen MR) is 89.1 cm³/mol. The van der Waals surface area contributed by atoms with E-state index in [1.165, 1.54) is 17.4 Å². The molecule has 0 aliphatic rings.